The molecule has 0 aromatic carbocycles. The monoisotopic (exact) mass is 293 g/mol. The highest BCUT2D eigenvalue weighted by Crippen LogP contribution is 2.41. The molecule has 0 spiro atoms. The number of primary amides is 1. The van der Waals surface area contributed by atoms with Gasteiger partial charge in [0.25, 0.3) is 0 Å². The zero-order valence-electron chi connectivity index (χ0n) is 13.6. The van der Waals surface area contributed by atoms with E-state index in [0.29, 0.717) is 12.1 Å². The summed E-state index contributed by atoms with van der Waals surface area (Å²) in [6, 6.07) is 0.845. The van der Waals surface area contributed by atoms with Crippen LogP contribution in [0.15, 0.2) is 0 Å². The Hall–Kier alpha value is -0.610. The van der Waals surface area contributed by atoms with Crippen molar-refractivity contribution in [3.63, 3.8) is 0 Å². The lowest BCUT2D eigenvalue weighted by atomic mass is 9.77. The quantitative estimate of drug-likeness (QED) is 0.832. The van der Waals surface area contributed by atoms with E-state index in [4.69, 9.17) is 5.73 Å². The highest BCUT2D eigenvalue weighted by atomic mass is 16.1. The lowest BCUT2D eigenvalue weighted by Gasteiger charge is -2.43. The smallest absolute Gasteiger partial charge is 0.237 e. The third-order valence-electron chi connectivity index (χ3n) is 6.03. The summed E-state index contributed by atoms with van der Waals surface area (Å²) in [5.74, 6) is 1.70. The van der Waals surface area contributed by atoms with Gasteiger partial charge in [-0.05, 0) is 64.2 Å². The van der Waals surface area contributed by atoms with Gasteiger partial charge in [-0.1, -0.05) is 6.42 Å². The van der Waals surface area contributed by atoms with Crippen LogP contribution in [-0.2, 0) is 4.79 Å². The van der Waals surface area contributed by atoms with Crippen molar-refractivity contribution in [1.82, 2.24) is 10.2 Å². The van der Waals surface area contributed by atoms with Gasteiger partial charge in [-0.2, -0.15) is 0 Å². The Kier molecular flexibility index (Phi) is 4.28. The molecule has 0 bridgehead atoms. The molecule has 4 heteroatoms. The van der Waals surface area contributed by atoms with E-state index in [1.165, 1.54) is 38.8 Å². The van der Waals surface area contributed by atoms with Crippen LogP contribution in [0.1, 0.15) is 58.8 Å². The summed E-state index contributed by atoms with van der Waals surface area (Å²) in [5.41, 5.74) is 5.31. The van der Waals surface area contributed by atoms with Gasteiger partial charge in [0.05, 0.1) is 5.54 Å². The van der Waals surface area contributed by atoms with Gasteiger partial charge in [-0.15, -0.1) is 0 Å². The van der Waals surface area contributed by atoms with E-state index in [1.54, 1.807) is 0 Å². The van der Waals surface area contributed by atoms with Crippen LogP contribution in [0, 0.1) is 11.8 Å². The molecule has 2 aliphatic carbocycles. The first-order valence-electron chi connectivity index (χ1n) is 8.82. The van der Waals surface area contributed by atoms with E-state index < -0.39 is 5.54 Å². The predicted octanol–water partition coefficient (Wildman–Crippen LogP) is 1.88. The molecule has 1 amide bonds. The van der Waals surface area contributed by atoms with Crippen molar-refractivity contribution >= 4 is 5.91 Å². The van der Waals surface area contributed by atoms with Gasteiger partial charge in [-0.25, -0.2) is 0 Å². The first kappa shape index (κ1) is 15.3. The first-order chi connectivity index (χ1) is 10.00. The maximum Gasteiger partial charge on any atom is 0.237 e. The Morgan fingerprint density at radius 1 is 1.19 bits per heavy atom. The number of nitrogens with zero attached hydrogens (tertiary/aromatic N) is 1. The molecule has 2 saturated carbocycles. The number of carbonyl (C=O) groups excluding carboxylic acids is 1. The lowest BCUT2D eigenvalue weighted by molar-refractivity contribution is -0.127. The van der Waals surface area contributed by atoms with Crippen LogP contribution in [0.5, 0.6) is 0 Å². The zero-order valence-corrected chi connectivity index (χ0v) is 13.6. The van der Waals surface area contributed by atoms with Crippen LogP contribution in [0.3, 0.4) is 0 Å². The van der Waals surface area contributed by atoms with Gasteiger partial charge >= 0.3 is 0 Å². The summed E-state index contributed by atoms with van der Waals surface area (Å²) in [7, 11) is 0. The van der Waals surface area contributed by atoms with Crippen LogP contribution in [0.2, 0.25) is 0 Å². The molecule has 0 aromatic heterocycles. The minimum absolute atomic E-state index is 0.153. The van der Waals surface area contributed by atoms with Crippen LogP contribution in [0.4, 0.5) is 0 Å². The zero-order chi connectivity index (χ0) is 15.0. The minimum atomic E-state index is -0.477. The van der Waals surface area contributed by atoms with Gasteiger partial charge in [-0.3, -0.25) is 9.69 Å². The topological polar surface area (TPSA) is 58.4 Å². The molecule has 1 heterocycles. The molecule has 3 N–H and O–H groups in total. The van der Waals surface area contributed by atoms with Gasteiger partial charge in [0.15, 0.2) is 0 Å². The molecule has 3 aliphatic rings. The predicted molar refractivity (Wildman–Crippen MR) is 84.9 cm³/mol. The maximum atomic E-state index is 12.1. The van der Waals surface area contributed by atoms with Crippen molar-refractivity contribution in [2.75, 3.05) is 13.1 Å². The molecular formula is C17H31N3O. The molecule has 4 unspecified atom stereocenters. The molecule has 1 aliphatic heterocycles. The maximum absolute atomic E-state index is 12.1. The van der Waals surface area contributed by atoms with E-state index >= 15 is 0 Å². The summed E-state index contributed by atoms with van der Waals surface area (Å²) < 4.78 is 0. The molecule has 0 aromatic rings. The second kappa shape index (κ2) is 5.88. The molecule has 120 valence electrons. The van der Waals surface area contributed by atoms with Gasteiger partial charge in [0.1, 0.15) is 0 Å². The number of nitrogens with two attached hydrogens (primary N) is 1. The fourth-order valence-corrected chi connectivity index (χ4v) is 5.11. The first-order valence-corrected chi connectivity index (χ1v) is 8.82. The number of likely N-dealkylation sites (tertiary alicyclic amines) is 1. The van der Waals surface area contributed by atoms with E-state index in [2.05, 4.69) is 24.1 Å². The van der Waals surface area contributed by atoms with E-state index in [-0.39, 0.29) is 5.91 Å². The summed E-state index contributed by atoms with van der Waals surface area (Å²) in [6.07, 6.45) is 8.40. The fraction of sp³-hybridized carbons (Fsp3) is 0.941. The Bertz CT molecular complexity index is 385. The normalized spacial score (nSPS) is 40.6. The average Bonchev–Trinajstić information content (AvgIpc) is 2.98. The molecule has 1 saturated heterocycles. The van der Waals surface area contributed by atoms with Crippen molar-refractivity contribution in [3.05, 3.63) is 0 Å². The number of rotatable bonds is 4. The molecule has 4 atom stereocenters. The van der Waals surface area contributed by atoms with E-state index in [0.717, 1.165) is 31.1 Å². The fourth-order valence-electron chi connectivity index (χ4n) is 5.11. The molecule has 4 nitrogen and oxygen atoms in total. The second-order valence-electron chi connectivity index (χ2n) is 7.90. The van der Waals surface area contributed by atoms with Crippen molar-refractivity contribution in [2.45, 2.75) is 76.4 Å². The van der Waals surface area contributed by atoms with Gasteiger partial charge in [0.2, 0.25) is 5.91 Å². The SMILES string of the molecule is CC(C)NC1(C(N)=O)CCCC(N2CC3CCCC3C2)C1. The Balaban J connectivity index is 1.68. The minimum Gasteiger partial charge on any atom is -0.368 e. The van der Waals surface area contributed by atoms with Gasteiger partial charge in [0, 0.05) is 25.2 Å². The molecule has 3 rings (SSSR count). The molecule has 0 radical (unpaired) electrons. The highest BCUT2D eigenvalue weighted by Gasteiger charge is 2.46. The number of hydrogen-bond acceptors (Lipinski definition) is 3. The number of amides is 1. The second-order valence-corrected chi connectivity index (χ2v) is 7.90. The summed E-state index contributed by atoms with van der Waals surface area (Å²) >= 11 is 0. The average molecular weight is 293 g/mol. The highest BCUT2D eigenvalue weighted by molar-refractivity contribution is 5.85. The number of carbonyl (C=O) groups is 1. The number of nitrogens with one attached hydrogen (secondary N) is 1. The van der Waals surface area contributed by atoms with Crippen LogP contribution < -0.4 is 11.1 Å². The largest absolute Gasteiger partial charge is 0.368 e. The number of hydrogen-bond donors (Lipinski definition) is 2. The van der Waals surface area contributed by atoms with Crippen molar-refractivity contribution in [1.29, 1.82) is 0 Å². The third-order valence-corrected chi connectivity index (χ3v) is 6.03. The van der Waals surface area contributed by atoms with Gasteiger partial charge < -0.3 is 11.1 Å². The third kappa shape index (κ3) is 2.98. The van der Waals surface area contributed by atoms with Crippen molar-refractivity contribution in [3.8, 4) is 0 Å². The summed E-state index contributed by atoms with van der Waals surface area (Å²) in [4.78, 5) is 14.8. The Morgan fingerprint density at radius 3 is 2.43 bits per heavy atom. The molecular weight excluding hydrogens is 262 g/mol. The van der Waals surface area contributed by atoms with Crippen LogP contribution in [-0.4, -0.2) is 41.5 Å². The number of fused-ring (bicyclic) bond motifs is 1. The summed E-state index contributed by atoms with van der Waals surface area (Å²) in [5, 5.41) is 3.50. The van der Waals surface area contributed by atoms with E-state index in [1.807, 2.05) is 0 Å². The molecule has 3 fully saturated rings. The van der Waals surface area contributed by atoms with Crippen molar-refractivity contribution in [2.24, 2.45) is 17.6 Å². The standard InChI is InChI=1S/C17H31N3O/c1-12(2)19-17(16(18)21)8-4-7-15(9-17)20-10-13-5-3-6-14(13)11-20/h12-15,19H,3-11H2,1-2H3,(H2,18,21). The van der Waals surface area contributed by atoms with Crippen molar-refractivity contribution < 1.29 is 4.79 Å². The summed E-state index contributed by atoms with van der Waals surface area (Å²) in [6.45, 7) is 6.72. The van der Waals surface area contributed by atoms with Crippen LogP contribution >= 0.6 is 0 Å². The van der Waals surface area contributed by atoms with E-state index in [9.17, 15) is 4.79 Å². The Labute approximate surface area is 128 Å². The lowest BCUT2D eigenvalue weighted by Crippen LogP contribution is -2.62. The van der Waals surface area contributed by atoms with Crippen LogP contribution in [0.25, 0.3) is 0 Å². The Morgan fingerprint density at radius 2 is 1.86 bits per heavy atom. The molecule has 21 heavy (non-hydrogen) atoms.